The highest BCUT2D eigenvalue weighted by atomic mass is 16.5. The highest BCUT2D eigenvalue weighted by molar-refractivity contribution is 5.25. The first-order chi connectivity index (χ1) is 8.70. The number of benzene rings is 1. The first-order valence-electron chi connectivity index (χ1n) is 5.96. The van der Waals surface area contributed by atoms with Crippen LogP contribution in [0.25, 0.3) is 0 Å². The number of ether oxygens (including phenoxy) is 1. The van der Waals surface area contributed by atoms with Crippen LogP contribution in [0.15, 0.2) is 53.6 Å². The largest absolute Gasteiger partial charge is 0.380 e. The molecule has 1 aromatic carbocycles. The molecule has 0 bridgehead atoms. The van der Waals surface area contributed by atoms with E-state index in [2.05, 4.69) is 31.2 Å². The van der Waals surface area contributed by atoms with E-state index in [1.165, 1.54) is 5.56 Å². The second-order valence-electron chi connectivity index (χ2n) is 4.33. The van der Waals surface area contributed by atoms with E-state index < -0.39 is 0 Å². The monoisotopic (exact) mass is 243 g/mol. The van der Waals surface area contributed by atoms with Crippen LogP contribution in [-0.4, -0.2) is 11.7 Å². The Morgan fingerprint density at radius 2 is 1.72 bits per heavy atom. The van der Waals surface area contributed by atoms with Gasteiger partial charge in [-0.1, -0.05) is 24.3 Å². The number of methoxy groups -OCH3 is 1. The first kappa shape index (κ1) is 12.6. The van der Waals surface area contributed by atoms with Crippen molar-refractivity contribution in [2.75, 3.05) is 7.11 Å². The Bertz CT molecular complexity index is 537. The van der Waals surface area contributed by atoms with Crippen molar-refractivity contribution in [1.29, 1.82) is 0 Å². The summed E-state index contributed by atoms with van der Waals surface area (Å²) < 4.78 is 7.11. The van der Waals surface area contributed by atoms with Crippen molar-refractivity contribution in [2.45, 2.75) is 19.6 Å². The van der Waals surface area contributed by atoms with E-state index in [0.717, 1.165) is 5.56 Å². The van der Waals surface area contributed by atoms with Crippen LogP contribution < -0.4 is 5.43 Å². The van der Waals surface area contributed by atoms with Crippen molar-refractivity contribution in [3.63, 3.8) is 0 Å². The van der Waals surface area contributed by atoms with Gasteiger partial charge in [-0.25, -0.2) is 0 Å². The van der Waals surface area contributed by atoms with Crippen molar-refractivity contribution in [2.24, 2.45) is 0 Å². The van der Waals surface area contributed by atoms with Gasteiger partial charge >= 0.3 is 0 Å². The summed E-state index contributed by atoms with van der Waals surface area (Å²) in [5, 5.41) is 0. The molecule has 0 aliphatic rings. The van der Waals surface area contributed by atoms with Gasteiger partial charge in [-0.3, -0.25) is 4.79 Å². The number of pyridine rings is 1. The molecule has 0 radical (unpaired) electrons. The van der Waals surface area contributed by atoms with Crippen molar-refractivity contribution in [3.8, 4) is 0 Å². The summed E-state index contributed by atoms with van der Waals surface area (Å²) in [6.07, 6.45) is 3.63. The van der Waals surface area contributed by atoms with Crippen LogP contribution >= 0.6 is 0 Å². The maximum Gasteiger partial charge on any atom is 0.181 e. The van der Waals surface area contributed by atoms with E-state index in [0.29, 0.717) is 6.61 Å². The second-order valence-corrected chi connectivity index (χ2v) is 4.33. The molecule has 0 saturated heterocycles. The van der Waals surface area contributed by atoms with E-state index in [1.807, 2.05) is 17.0 Å². The Kier molecular flexibility index (Phi) is 3.95. The summed E-state index contributed by atoms with van der Waals surface area (Å²) in [4.78, 5) is 11.1. The molecule has 0 aliphatic heterocycles. The minimum Gasteiger partial charge on any atom is -0.380 e. The number of nitrogens with zero attached hydrogens (tertiary/aromatic N) is 1. The van der Waals surface area contributed by atoms with E-state index in [4.69, 9.17) is 4.74 Å². The molecule has 2 rings (SSSR count). The van der Waals surface area contributed by atoms with Crippen LogP contribution in [0.2, 0.25) is 0 Å². The predicted octanol–water partition coefficient (Wildman–Crippen LogP) is 2.60. The van der Waals surface area contributed by atoms with E-state index in [9.17, 15) is 4.79 Å². The van der Waals surface area contributed by atoms with Crippen LogP contribution in [0.1, 0.15) is 24.1 Å². The minimum absolute atomic E-state index is 0.0360. The van der Waals surface area contributed by atoms with Gasteiger partial charge in [0.2, 0.25) is 0 Å². The fourth-order valence-corrected chi connectivity index (χ4v) is 1.91. The number of rotatable bonds is 4. The lowest BCUT2D eigenvalue weighted by Crippen LogP contribution is -2.09. The predicted molar refractivity (Wildman–Crippen MR) is 71.7 cm³/mol. The quantitative estimate of drug-likeness (QED) is 0.826. The van der Waals surface area contributed by atoms with Crippen LogP contribution in [0.5, 0.6) is 0 Å². The number of hydrogen-bond donors (Lipinski definition) is 0. The Morgan fingerprint density at radius 1 is 1.11 bits per heavy atom. The molecule has 0 spiro atoms. The summed E-state index contributed by atoms with van der Waals surface area (Å²) in [6.45, 7) is 2.74. The molecular weight excluding hydrogens is 226 g/mol. The lowest BCUT2D eigenvalue weighted by atomic mass is 10.1. The zero-order valence-electron chi connectivity index (χ0n) is 10.7. The molecule has 0 fully saturated rings. The van der Waals surface area contributed by atoms with Crippen molar-refractivity contribution in [1.82, 2.24) is 4.57 Å². The Morgan fingerprint density at radius 3 is 2.28 bits per heavy atom. The number of aromatic nitrogens is 1. The lowest BCUT2D eigenvalue weighted by molar-refractivity contribution is 0.185. The van der Waals surface area contributed by atoms with Crippen molar-refractivity contribution in [3.05, 3.63) is 70.1 Å². The van der Waals surface area contributed by atoms with Crippen LogP contribution in [0, 0.1) is 0 Å². The molecule has 0 aliphatic carbocycles. The number of hydrogen-bond acceptors (Lipinski definition) is 2. The Balaban J connectivity index is 2.20. The SMILES string of the molecule is COCc1ccc(C(C)n2ccc(=O)cc2)cc1. The third-order valence-corrected chi connectivity index (χ3v) is 3.04. The zero-order valence-corrected chi connectivity index (χ0v) is 10.7. The molecule has 1 heterocycles. The van der Waals surface area contributed by atoms with Crippen LogP contribution in [-0.2, 0) is 11.3 Å². The van der Waals surface area contributed by atoms with Gasteiger partial charge in [-0.15, -0.1) is 0 Å². The molecule has 94 valence electrons. The summed E-state index contributed by atoms with van der Waals surface area (Å²) in [6, 6.07) is 11.7. The smallest absolute Gasteiger partial charge is 0.181 e. The molecule has 3 heteroatoms. The molecule has 18 heavy (non-hydrogen) atoms. The van der Waals surface area contributed by atoms with Crippen LogP contribution in [0.4, 0.5) is 0 Å². The normalized spacial score (nSPS) is 12.3. The first-order valence-corrected chi connectivity index (χ1v) is 5.96. The van der Waals surface area contributed by atoms with Gasteiger partial charge in [0.1, 0.15) is 0 Å². The molecule has 1 aromatic heterocycles. The highest BCUT2D eigenvalue weighted by Crippen LogP contribution is 2.17. The van der Waals surface area contributed by atoms with Gasteiger partial charge in [-0.2, -0.15) is 0 Å². The van der Waals surface area contributed by atoms with Gasteiger partial charge in [0, 0.05) is 31.6 Å². The third-order valence-electron chi connectivity index (χ3n) is 3.04. The minimum atomic E-state index is 0.0360. The maximum absolute atomic E-state index is 11.1. The topological polar surface area (TPSA) is 31.2 Å². The lowest BCUT2D eigenvalue weighted by Gasteiger charge is -2.16. The van der Waals surface area contributed by atoms with Crippen molar-refractivity contribution < 1.29 is 4.74 Å². The second kappa shape index (κ2) is 5.65. The Labute approximate surface area is 107 Å². The molecule has 3 nitrogen and oxygen atoms in total. The summed E-state index contributed by atoms with van der Waals surface area (Å²) >= 11 is 0. The molecule has 0 amide bonds. The molecule has 0 N–H and O–H groups in total. The fourth-order valence-electron chi connectivity index (χ4n) is 1.91. The van der Waals surface area contributed by atoms with Gasteiger partial charge in [0.05, 0.1) is 12.6 Å². The van der Waals surface area contributed by atoms with Gasteiger partial charge in [0.25, 0.3) is 0 Å². The van der Waals surface area contributed by atoms with E-state index in [1.54, 1.807) is 19.2 Å². The van der Waals surface area contributed by atoms with Gasteiger partial charge in [0.15, 0.2) is 5.43 Å². The summed E-state index contributed by atoms with van der Waals surface area (Å²) in [5.41, 5.74) is 2.40. The van der Waals surface area contributed by atoms with Gasteiger partial charge in [-0.05, 0) is 18.1 Å². The average Bonchev–Trinajstić information content (AvgIpc) is 2.40. The van der Waals surface area contributed by atoms with Crippen LogP contribution in [0.3, 0.4) is 0 Å². The fraction of sp³-hybridized carbons (Fsp3) is 0.267. The zero-order chi connectivity index (χ0) is 13.0. The Hall–Kier alpha value is -1.87. The molecular formula is C15H17NO2. The van der Waals surface area contributed by atoms with E-state index >= 15 is 0 Å². The highest BCUT2D eigenvalue weighted by Gasteiger charge is 2.05. The molecule has 2 aromatic rings. The maximum atomic E-state index is 11.1. The molecule has 1 unspecified atom stereocenters. The molecule has 0 saturated carbocycles. The average molecular weight is 243 g/mol. The summed E-state index contributed by atoms with van der Waals surface area (Å²) in [5.74, 6) is 0. The van der Waals surface area contributed by atoms with Gasteiger partial charge < -0.3 is 9.30 Å². The molecule has 1 atom stereocenters. The third kappa shape index (κ3) is 2.87. The van der Waals surface area contributed by atoms with Crippen molar-refractivity contribution >= 4 is 0 Å². The standard InChI is InChI=1S/C15H17NO2/c1-12(16-9-7-15(17)8-10-16)14-5-3-13(4-6-14)11-18-2/h3-10,12H,11H2,1-2H3. The summed E-state index contributed by atoms with van der Waals surface area (Å²) in [7, 11) is 1.69. The van der Waals surface area contributed by atoms with E-state index in [-0.39, 0.29) is 11.5 Å².